The molecule has 142 valence electrons. The summed E-state index contributed by atoms with van der Waals surface area (Å²) in [5, 5.41) is 1.68. The van der Waals surface area contributed by atoms with Crippen molar-refractivity contribution in [2.75, 3.05) is 12.8 Å². The molecule has 0 aliphatic carbocycles. The SMILES string of the molecule is CN(Cc1nc2ccccc2s1)C(=O)CSc1ncc(-c2ccc(Br)cc2)[nH]1. The minimum Gasteiger partial charge on any atom is -0.338 e. The summed E-state index contributed by atoms with van der Waals surface area (Å²) in [4.78, 5) is 26.4. The van der Waals surface area contributed by atoms with Crippen molar-refractivity contribution >= 4 is 55.2 Å². The van der Waals surface area contributed by atoms with Gasteiger partial charge in [0.2, 0.25) is 5.91 Å². The van der Waals surface area contributed by atoms with Crippen molar-refractivity contribution in [2.45, 2.75) is 11.7 Å². The molecule has 4 rings (SSSR count). The number of amides is 1. The molecule has 28 heavy (non-hydrogen) atoms. The third kappa shape index (κ3) is 4.45. The first-order chi connectivity index (χ1) is 13.6. The number of nitrogens with zero attached hydrogens (tertiary/aromatic N) is 3. The number of fused-ring (bicyclic) bond motifs is 1. The Morgan fingerprint density at radius 2 is 2.00 bits per heavy atom. The van der Waals surface area contributed by atoms with Crippen LogP contribution in [0.5, 0.6) is 0 Å². The minimum absolute atomic E-state index is 0.0471. The fourth-order valence-electron chi connectivity index (χ4n) is 2.67. The number of carbonyl (C=O) groups is 1. The molecule has 2 aromatic heterocycles. The summed E-state index contributed by atoms with van der Waals surface area (Å²) >= 11 is 6.47. The van der Waals surface area contributed by atoms with Crippen LogP contribution in [0.3, 0.4) is 0 Å². The molecule has 0 unspecified atom stereocenters. The monoisotopic (exact) mass is 472 g/mol. The Labute approximate surface area is 179 Å². The topological polar surface area (TPSA) is 61.9 Å². The van der Waals surface area contributed by atoms with Crippen LogP contribution >= 0.6 is 39.0 Å². The van der Waals surface area contributed by atoms with Crippen molar-refractivity contribution in [2.24, 2.45) is 0 Å². The highest BCUT2D eigenvalue weighted by atomic mass is 79.9. The van der Waals surface area contributed by atoms with Crippen molar-refractivity contribution in [1.82, 2.24) is 19.9 Å². The second-order valence-corrected chi connectivity index (χ2v) is 9.22. The van der Waals surface area contributed by atoms with E-state index in [1.165, 1.54) is 11.8 Å². The van der Waals surface area contributed by atoms with Crippen molar-refractivity contribution in [3.05, 3.63) is 64.2 Å². The molecule has 4 aromatic rings. The Hall–Kier alpha value is -2.16. The average molecular weight is 473 g/mol. The van der Waals surface area contributed by atoms with Crippen LogP contribution in [0.2, 0.25) is 0 Å². The molecule has 0 fully saturated rings. The zero-order valence-corrected chi connectivity index (χ0v) is 18.3. The molecular weight excluding hydrogens is 456 g/mol. The van der Waals surface area contributed by atoms with Crippen molar-refractivity contribution in [3.63, 3.8) is 0 Å². The van der Waals surface area contributed by atoms with Crippen LogP contribution in [-0.4, -0.2) is 38.6 Å². The van der Waals surface area contributed by atoms with Crippen LogP contribution in [0.4, 0.5) is 0 Å². The van der Waals surface area contributed by atoms with Gasteiger partial charge in [-0.05, 0) is 29.8 Å². The number of nitrogens with one attached hydrogen (secondary N) is 1. The maximum atomic E-state index is 12.5. The van der Waals surface area contributed by atoms with E-state index in [2.05, 4.69) is 30.9 Å². The molecule has 0 spiro atoms. The summed E-state index contributed by atoms with van der Waals surface area (Å²) in [6.07, 6.45) is 1.79. The predicted molar refractivity (Wildman–Crippen MR) is 119 cm³/mol. The number of hydrogen-bond donors (Lipinski definition) is 1. The molecular formula is C20H17BrN4OS2. The average Bonchev–Trinajstić information content (AvgIpc) is 3.33. The Bertz CT molecular complexity index is 1070. The third-order valence-electron chi connectivity index (χ3n) is 4.18. The summed E-state index contributed by atoms with van der Waals surface area (Å²) in [5.74, 6) is 0.375. The van der Waals surface area contributed by atoms with Gasteiger partial charge in [-0.2, -0.15) is 0 Å². The van der Waals surface area contributed by atoms with Gasteiger partial charge in [-0.3, -0.25) is 4.79 Å². The normalized spacial score (nSPS) is 11.1. The van der Waals surface area contributed by atoms with Gasteiger partial charge in [0.15, 0.2) is 5.16 Å². The lowest BCUT2D eigenvalue weighted by atomic mass is 10.2. The van der Waals surface area contributed by atoms with E-state index in [0.717, 1.165) is 36.1 Å². The van der Waals surface area contributed by atoms with E-state index >= 15 is 0 Å². The van der Waals surface area contributed by atoms with E-state index in [1.54, 1.807) is 22.4 Å². The quantitative estimate of drug-likeness (QED) is 0.391. The Morgan fingerprint density at radius 1 is 1.21 bits per heavy atom. The largest absolute Gasteiger partial charge is 0.338 e. The molecule has 0 atom stereocenters. The molecule has 0 aliphatic rings. The van der Waals surface area contributed by atoms with E-state index in [-0.39, 0.29) is 5.91 Å². The number of carbonyl (C=O) groups excluding carboxylic acids is 1. The molecule has 2 heterocycles. The summed E-state index contributed by atoms with van der Waals surface area (Å²) < 4.78 is 2.18. The van der Waals surface area contributed by atoms with Crippen LogP contribution in [0.1, 0.15) is 5.01 Å². The second kappa shape index (κ2) is 8.46. The van der Waals surface area contributed by atoms with Crippen molar-refractivity contribution < 1.29 is 4.79 Å². The number of halogens is 1. The summed E-state index contributed by atoms with van der Waals surface area (Å²) in [6.45, 7) is 0.515. The zero-order valence-electron chi connectivity index (χ0n) is 15.1. The first kappa shape index (κ1) is 19.2. The Morgan fingerprint density at radius 3 is 2.79 bits per heavy atom. The lowest BCUT2D eigenvalue weighted by Crippen LogP contribution is -2.27. The smallest absolute Gasteiger partial charge is 0.233 e. The molecule has 2 aromatic carbocycles. The lowest BCUT2D eigenvalue weighted by Gasteiger charge is -2.14. The third-order valence-corrected chi connectivity index (χ3v) is 6.60. The summed E-state index contributed by atoms with van der Waals surface area (Å²) in [7, 11) is 1.81. The molecule has 0 bridgehead atoms. The number of imidazole rings is 1. The molecule has 5 nitrogen and oxygen atoms in total. The standard InChI is InChI=1S/C20H17BrN4OS2/c1-25(11-18-23-15-4-2-3-5-17(15)28-18)19(26)12-27-20-22-10-16(24-20)13-6-8-14(21)9-7-13/h2-10H,11-12H2,1H3,(H,22,24). The Balaban J connectivity index is 1.34. The number of hydrogen-bond acceptors (Lipinski definition) is 5. The number of para-hydroxylation sites is 1. The van der Waals surface area contributed by atoms with E-state index in [0.29, 0.717) is 12.3 Å². The van der Waals surface area contributed by atoms with Crippen LogP contribution in [0.15, 0.2) is 64.4 Å². The number of thiazole rings is 1. The molecule has 1 N–H and O–H groups in total. The molecule has 1 amide bonds. The fraction of sp³-hybridized carbons (Fsp3) is 0.150. The number of rotatable bonds is 6. The van der Waals surface area contributed by atoms with E-state index in [1.807, 2.05) is 55.6 Å². The Kier molecular flexibility index (Phi) is 5.79. The van der Waals surface area contributed by atoms with Gasteiger partial charge in [0.1, 0.15) is 5.01 Å². The van der Waals surface area contributed by atoms with Crippen molar-refractivity contribution in [3.8, 4) is 11.3 Å². The highest BCUT2D eigenvalue weighted by Gasteiger charge is 2.14. The molecule has 0 saturated carbocycles. The van der Waals surface area contributed by atoms with E-state index < -0.39 is 0 Å². The van der Waals surface area contributed by atoms with E-state index in [9.17, 15) is 4.79 Å². The fourth-order valence-corrected chi connectivity index (χ4v) is 4.75. The predicted octanol–water partition coefficient (Wildman–Crippen LogP) is 5.20. The zero-order chi connectivity index (χ0) is 19.5. The van der Waals surface area contributed by atoms with Gasteiger partial charge in [-0.1, -0.05) is 52.0 Å². The van der Waals surface area contributed by atoms with Crippen molar-refractivity contribution in [1.29, 1.82) is 0 Å². The number of aromatic nitrogens is 3. The van der Waals surface area contributed by atoms with Crippen LogP contribution in [0.25, 0.3) is 21.5 Å². The summed E-state index contributed by atoms with van der Waals surface area (Å²) in [5.41, 5.74) is 2.97. The number of H-pyrrole nitrogens is 1. The highest BCUT2D eigenvalue weighted by Crippen LogP contribution is 2.24. The molecule has 8 heteroatoms. The van der Waals surface area contributed by atoms with Crippen LogP contribution in [0, 0.1) is 0 Å². The number of aromatic amines is 1. The maximum absolute atomic E-state index is 12.5. The number of thioether (sulfide) groups is 1. The van der Waals surface area contributed by atoms with Gasteiger partial charge < -0.3 is 9.88 Å². The molecule has 0 aliphatic heterocycles. The van der Waals surface area contributed by atoms with Gasteiger partial charge in [-0.25, -0.2) is 9.97 Å². The van der Waals surface area contributed by atoms with Gasteiger partial charge in [0.05, 0.1) is 34.4 Å². The number of benzene rings is 2. The minimum atomic E-state index is 0.0471. The van der Waals surface area contributed by atoms with Gasteiger partial charge in [-0.15, -0.1) is 11.3 Å². The van der Waals surface area contributed by atoms with Crippen LogP contribution < -0.4 is 0 Å². The highest BCUT2D eigenvalue weighted by molar-refractivity contribution is 9.10. The first-order valence-corrected chi connectivity index (χ1v) is 11.2. The van der Waals surface area contributed by atoms with Gasteiger partial charge in [0.25, 0.3) is 0 Å². The van der Waals surface area contributed by atoms with Gasteiger partial charge in [0, 0.05) is 11.5 Å². The second-order valence-electron chi connectivity index (χ2n) is 6.22. The molecule has 0 saturated heterocycles. The first-order valence-electron chi connectivity index (χ1n) is 8.60. The molecule has 0 radical (unpaired) electrons. The van der Waals surface area contributed by atoms with E-state index in [4.69, 9.17) is 0 Å². The maximum Gasteiger partial charge on any atom is 0.233 e. The van der Waals surface area contributed by atoms with Gasteiger partial charge >= 0.3 is 0 Å². The lowest BCUT2D eigenvalue weighted by molar-refractivity contribution is -0.127. The summed E-state index contributed by atoms with van der Waals surface area (Å²) in [6, 6.07) is 16.0. The van der Waals surface area contributed by atoms with Crippen LogP contribution in [-0.2, 0) is 11.3 Å².